The van der Waals surface area contributed by atoms with Crippen LogP contribution in [0, 0.1) is 4.91 Å². The molecule has 0 aliphatic heterocycles. The topological polar surface area (TPSA) is 80.4 Å². The van der Waals surface area contributed by atoms with Crippen LogP contribution in [0.3, 0.4) is 0 Å². The molecule has 0 aliphatic rings. The second kappa shape index (κ2) is 7.15. The first-order valence-corrected chi connectivity index (χ1v) is 7.09. The van der Waals surface area contributed by atoms with Gasteiger partial charge in [0.2, 0.25) is 5.91 Å². The van der Waals surface area contributed by atoms with Crippen LogP contribution in [0.25, 0.3) is 0 Å². The number of carbonyl (C=O) groups is 1. The summed E-state index contributed by atoms with van der Waals surface area (Å²) in [5.41, 5.74) is 2.19. The number of amides is 1. The molecular formula is C16H16ClN2O3+. The zero-order valence-corrected chi connectivity index (χ0v) is 12.7. The molecule has 5 nitrogen and oxygen atoms in total. The number of anilines is 1. The first-order valence-electron chi connectivity index (χ1n) is 6.72. The summed E-state index contributed by atoms with van der Waals surface area (Å²) in [6.45, 7) is 1.37. The van der Waals surface area contributed by atoms with E-state index in [1.165, 1.54) is 6.92 Å². The summed E-state index contributed by atoms with van der Waals surface area (Å²) in [5, 5.41) is 15.2. The number of rotatable bonds is 5. The molecule has 0 aliphatic carbocycles. The van der Waals surface area contributed by atoms with Crippen molar-refractivity contribution < 1.29 is 15.1 Å². The van der Waals surface area contributed by atoms with Crippen LogP contribution in [0.15, 0.2) is 42.5 Å². The molecule has 1 unspecified atom stereocenters. The molecule has 0 saturated heterocycles. The zero-order chi connectivity index (χ0) is 16.1. The number of benzene rings is 2. The Morgan fingerprint density at radius 3 is 2.55 bits per heavy atom. The van der Waals surface area contributed by atoms with Crippen molar-refractivity contribution in [1.82, 2.24) is 0 Å². The van der Waals surface area contributed by atoms with E-state index in [0.29, 0.717) is 17.1 Å². The molecule has 2 aromatic rings. The molecule has 2 rings (SSSR count). The molecule has 3 N–H and O–H groups in total. The molecule has 22 heavy (non-hydrogen) atoms. The fraction of sp³-hybridized carbons (Fsp3) is 0.188. The van der Waals surface area contributed by atoms with Crippen LogP contribution in [0.1, 0.15) is 24.2 Å². The molecule has 6 heteroatoms. The lowest BCUT2D eigenvalue weighted by Gasteiger charge is -2.11. The maximum atomic E-state index is 11.1. The number of hydrogen-bond donors (Lipinski definition) is 3. The van der Waals surface area contributed by atoms with Crippen LogP contribution in [0.2, 0.25) is 5.02 Å². The minimum atomic E-state index is -0.705. The summed E-state index contributed by atoms with van der Waals surface area (Å²) < 4.78 is 0. The van der Waals surface area contributed by atoms with Crippen LogP contribution in [-0.2, 0) is 11.2 Å². The highest BCUT2D eigenvalue weighted by molar-refractivity contribution is 6.30. The summed E-state index contributed by atoms with van der Waals surface area (Å²) in [4.78, 5) is 22.1. The molecular weight excluding hydrogens is 304 g/mol. The molecule has 2 aromatic carbocycles. The fourth-order valence-corrected chi connectivity index (χ4v) is 2.25. The lowest BCUT2D eigenvalue weighted by Crippen LogP contribution is -2.56. The van der Waals surface area contributed by atoms with E-state index in [0.717, 1.165) is 11.1 Å². The standard InChI is InChI=1S/C16H15ClN2O3/c1-10(20)18-14-7-2-11(8-15(14)19-22)9-16(21)12-3-5-13(17)6-4-12/h2-8,16,21H,9H2,1H3,(H,18,20)/p+1. The smallest absolute Gasteiger partial charge is 0.276 e. The van der Waals surface area contributed by atoms with E-state index in [-0.39, 0.29) is 11.6 Å². The van der Waals surface area contributed by atoms with E-state index < -0.39 is 6.10 Å². The molecule has 0 saturated carbocycles. The number of carbonyl (C=O) groups excluding carboxylic acids is 1. The molecule has 0 heterocycles. The second-order valence-electron chi connectivity index (χ2n) is 4.93. The molecule has 1 atom stereocenters. The van der Waals surface area contributed by atoms with Crippen molar-refractivity contribution in [3.8, 4) is 0 Å². The molecule has 0 aromatic heterocycles. The highest BCUT2D eigenvalue weighted by Crippen LogP contribution is 2.24. The predicted octanol–water partition coefficient (Wildman–Crippen LogP) is 2.05. The third-order valence-corrected chi connectivity index (χ3v) is 3.44. The molecule has 114 valence electrons. The minimum Gasteiger partial charge on any atom is -0.388 e. The van der Waals surface area contributed by atoms with E-state index in [2.05, 4.69) is 5.32 Å². The summed E-state index contributed by atoms with van der Waals surface area (Å²) in [5.74, 6) is -0.259. The lowest BCUT2D eigenvalue weighted by molar-refractivity contribution is -0.378. The molecule has 0 radical (unpaired) electrons. The van der Waals surface area contributed by atoms with Gasteiger partial charge in [-0.3, -0.25) is 4.79 Å². The van der Waals surface area contributed by atoms with Gasteiger partial charge in [0.15, 0.2) is 0 Å². The van der Waals surface area contributed by atoms with Crippen molar-refractivity contribution in [2.24, 2.45) is 0 Å². The third-order valence-electron chi connectivity index (χ3n) is 3.19. The van der Waals surface area contributed by atoms with Gasteiger partial charge in [-0.15, -0.1) is 0 Å². The van der Waals surface area contributed by atoms with Crippen molar-refractivity contribution in [3.63, 3.8) is 0 Å². The SMILES string of the molecule is CC(=O)Nc1ccc(CC(O)c2ccc(Cl)cc2)cc1[NH+]=O. The highest BCUT2D eigenvalue weighted by Gasteiger charge is 2.14. The second-order valence-corrected chi connectivity index (χ2v) is 5.37. The zero-order valence-electron chi connectivity index (χ0n) is 12.0. The lowest BCUT2D eigenvalue weighted by atomic mass is 10.0. The Morgan fingerprint density at radius 1 is 1.27 bits per heavy atom. The van der Waals surface area contributed by atoms with Gasteiger partial charge in [0.1, 0.15) is 5.69 Å². The van der Waals surface area contributed by atoms with E-state index >= 15 is 0 Å². The monoisotopic (exact) mass is 319 g/mol. The maximum Gasteiger partial charge on any atom is 0.276 e. The minimum absolute atomic E-state index is 0.259. The molecule has 1 amide bonds. The van der Waals surface area contributed by atoms with Crippen LogP contribution < -0.4 is 10.5 Å². The van der Waals surface area contributed by atoms with E-state index in [4.69, 9.17) is 11.6 Å². The van der Waals surface area contributed by atoms with Crippen molar-refractivity contribution in [3.05, 3.63) is 63.5 Å². The Labute approximate surface area is 132 Å². The summed E-state index contributed by atoms with van der Waals surface area (Å²) >= 11 is 5.82. The Balaban J connectivity index is 2.17. The van der Waals surface area contributed by atoms with Gasteiger partial charge in [0, 0.05) is 34.5 Å². The maximum absolute atomic E-state index is 11.1. The Hall–Kier alpha value is -2.24. The van der Waals surface area contributed by atoms with Crippen LogP contribution >= 0.6 is 11.6 Å². The van der Waals surface area contributed by atoms with Gasteiger partial charge >= 0.3 is 0 Å². The van der Waals surface area contributed by atoms with Gasteiger partial charge in [0.05, 0.1) is 6.10 Å². The van der Waals surface area contributed by atoms with Gasteiger partial charge in [-0.1, -0.05) is 29.8 Å². The number of nitrogens with one attached hydrogen (secondary N) is 2. The molecule has 0 bridgehead atoms. The van der Waals surface area contributed by atoms with Crippen molar-refractivity contribution in [2.75, 3.05) is 5.32 Å². The van der Waals surface area contributed by atoms with E-state index in [1.54, 1.807) is 47.6 Å². The largest absolute Gasteiger partial charge is 0.388 e. The first-order chi connectivity index (χ1) is 10.5. The Kier molecular flexibility index (Phi) is 5.25. The number of halogens is 1. The molecule has 0 fully saturated rings. The van der Waals surface area contributed by atoms with Crippen molar-refractivity contribution in [1.29, 1.82) is 0 Å². The quantitative estimate of drug-likeness (QED) is 0.789. The average molecular weight is 320 g/mol. The average Bonchev–Trinajstić information content (AvgIpc) is 2.49. The summed E-state index contributed by atoms with van der Waals surface area (Å²) in [7, 11) is 0. The molecule has 0 spiro atoms. The number of hydrogen-bond acceptors (Lipinski definition) is 3. The third kappa shape index (κ3) is 4.13. The fourth-order valence-electron chi connectivity index (χ4n) is 2.13. The summed E-state index contributed by atoms with van der Waals surface area (Å²) in [6, 6.07) is 11.9. The number of nitroso groups, excluding NO2 is 1. The van der Waals surface area contributed by atoms with Crippen LogP contribution in [0.5, 0.6) is 0 Å². The number of aliphatic hydroxyl groups excluding tert-OH is 1. The van der Waals surface area contributed by atoms with Gasteiger partial charge < -0.3 is 10.4 Å². The first kappa shape index (κ1) is 16.1. The van der Waals surface area contributed by atoms with E-state index in [9.17, 15) is 14.8 Å². The van der Waals surface area contributed by atoms with E-state index in [1.807, 2.05) is 0 Å². The van der Waals surface area contributed by atoms with Gasteiger partial charge in [0.25, 0.3) is 5.69 Å². The van der Waals surface area contributed by atoms with Crippen molar-refractivity contribution >= 4 is 28.9 Å². The predicted molar refractivity (Wildman–Crippen MR) is 84.9 cm³/mol. The van der Waals surface area contributed by atoms with Crippen LogP contribution in [0.4, 0.5) is 11.4 Å². The van der Waals surface area contributed by atoms with Crippen molar-refractivity contribution in [2.45, 2.75) is 19.4 Å². The van der Waals surface area contributed by atoms with Gasteiger partial charge in [-0.25, -0.2) is 0 Å². The Bertz CT molecular complexity index is 686. The normalized spacial score (nSPS) is 11.8. The van der Waals surface area contributed by atoms with Gasteiger partial charge in [-0.2, -0.15) is 0 Å². The van der Waals surface area contributed by atoms with Gasteiger partial charge in [-0.05, 0) is 29.3 Å². The number of aliphatic hydroxyl groups is 1. The summed E-state index contributed by atoms with van der Waals surface area (Å²) in [6.07, 6.45) is -0.361. The highest BCUT2D eigenvalue weighted by atomic mass is 35.5. The Morgan fingerprint density at radius 2 is 1.95 bits per heavy atom. The van der Waals surface area contributed by atoms with Crippen LogP contribution in [-0.4, -0.2) is 11.0 Å².